The molecular weight excluding hydrogens is 260 g/mol. The number of aryl methyl sites for hydroxylation is 1. The van der Waals surface area contributed by atoms with Crippen LogP contribution < -0.4 is 10.6 Å². The summed E-state index contributed by atoms with van der Waals surface area (Å²) in [6.07, 6.45) is 3.18. The second kappa shape index (κ2) is 6.93. The maximum atomic E-state index is 11.6. The first kappa shape index (κ1) is 16.0. The van der Waals surface area contributed by atoms with Gasteiger partial charge >= 0.3 is 6.09 Å². The first-order chi connectivity index (χ1) is 9.31. The van der Waals surface area contributed by atoms with Crippen molar-refractivity contribution < 1.29 is 14.3 Å². The van der Waals surface area contributed by atoms with Gasteiger partial charge in [-0.15, -0.1) is 0 Å². The van der Waals surface area contributed by atoms with Crippen molar-refractivity contribution in [3.63, 3.8) is 0 Å². The zero-order valence-corrected chi connectivity index (χ0v) is 12.4. The van der Waals surface area contributed by atoms with Crippen LogP contribution in [0.5, 0.6) is 0 Å². The van der Waals surface area contributed by atoms with Gasteiger partial charge < -0.3 is 19.9 Å². The highest BCUT2D eigenvalue weighted by Gasteiger charge is 2.16. The molecule has 1 aromatic heterocycles. The largest absolute Gasteiger partial charge is 0.444 e. The summed E-state index contributed by atoms with van der Waals surface area (Å²) in [5.41, 5.74) is 0.295. The Morgan fingerprint density at radius 3 is 2.70 bits per heavy atom. The van der Waals surface area contributed by atoms with Crippen molar-refractivity contribution >= 4 is 12.0 Å². The van der Waals surface area contributed by atoms with E-state index >= 15 is 0 Å². The van der Waals surface area contributed by atoms with Crippen LogP contribution in [0.25, 0.3) is 0 Å². The van der Waals surface area contributed by atoms with Crippen molar-refractivity contribution in [2.45, 2.75) is 45.9 Å². The van der Waals surface area contributed by atoms with E-state index in [4.69, 9.17) is 4.74 Å². The Hall–Kier alpha value is -2.05. The summed E-state index contributed by atoms with van der Waals surface area (Å²) in [5, 5.41) is 5.22. The first-order valence-corrected chi connectivity index (χ1v) is 6.48. The minimum absolute atomic E-state index is 0.0373. The summed E-state index contributed by atoms with van der Waals surface area (Å²) in [6, 6.07) is 0. The number of nitrogens with one attached hydrogen (secondary N) is 2. The minimum Gasteiger partial charge on any atom is -0.444 e. The number of hydrogen-bond acceptors (Lipinski definition) is 4. The standard InChI is InChI=1S/C13H22N4O3/c1-13(2,3)20-12(19)16-8-10-7-15-9-17(10)6-5-11(18)14-4/h7,9H,5-6,8H2,1-4H3,(H,14,18)(H,16,19). The summed E-state index contributed by atoms with van der Waals surface area (Å²) in [7, 11) is 1.60. The minimum atomic E-state index is -0.524. The fourth-order valence-corrected chi connectivity index (χ4v) is 1.52. The van der Waals surface area contributed by atoms with Crippen LogP contribution >= 0.6 is 0 Å². The summed E-state index contributed by atoms with van der Waals surface area (Å²) in [4.78, 5) is 26.8. The zero-order chi connectivity index (χ0) is 15.2. The number of amides is 2. The molecule has 0 spiro atoms. The molecule has 0 aliphatic heterocycles. The molecule has 0 aromatic carbocycles. The Labute approximate surface area is 118 Å². The van der Waals surface area contributed by atoms with Crippen LogP contribution in [0.2, 0.25) is 0 Å². The molecule has 1 heterocycles. The van der Waals surface area contributed by atoms with E-state index in [1.54, 1.807) is 40.3 Å². The van der Waals surface area contributed by atoms with E-state index in [2.05, 4.69) is 15.6 Å². The van der Waals surface area contributed by atoms with Crippen LogP contribution in [0.3, 0.4) is 0 Å². The number of rotatable bonds is 5. The molecular formula is C13H22N4O3. The second-order valence-corrected chi connectivity index (χ2v) is 5.36. The lowest BCUT2D eigenvalue weighted by molar-refractivity contribution is -0.120. The van der Waals surface area contributed by atoms with Gasteiger partial charge in [-0.2, -0.15) is 0 Å². The molecule has 0 unspecified atom stereocenters. The molecule has 1 rings (SSSR count). The zero-order valence-electron chi connectivity index (χ0n) is 12.4. The molecule has 2 N–H and O–H groups in total. The van der Waals surface area contributed by atoms with Crippen molar-refractivity contribution in [3.8, 4) is 0 Å². The van der Waals surface area contributed by atoms with Gasteiger partial charge in [0.05, 0.1) is 18.6 Å². The van der Waals surface area contributed by atoms with Crippen molar-refractivity contribution in [3.05, 3.63) is 18.2 Å². The lowest BCUT2D eigenvalue weighted by Crippen LogP contribution is -2.32. The van der Waals surface area contributed by atoms with Gasteiger partial charge in [0.25, 0.3) is 0 Å². The highest BCUT2D eigenvalue weighted by atomic mass is 16.6. The first-order valence-electron chi connectivity index (χ1n) is 6.48. The van der Waals surface area contributed by atoms with Crippen LogP contribution in [0.1, 0.15) is 32.9 Å². The molecule has 0 bridgehead atoms. The number of imidazole rings is 1. The molecule has 20 heavy (non-hydrogen) atoms. The molecule has 7 heteroatoms. The van der Waals surface area contributed by atoms with Crippen LogP contribution in [0, 0.1) is 0 Å². The fraction of sp³-hybridized carbons (Fsp3) is 0.615. The molecule has 0 atom stereocenters. The molecule has 0 saturated heterocycles. The Bertz CT molecular complexity index is 462. The summed E-state index contributed by atoms with van der Waals surface area (Å²) in [6.45, 7) is 6.24. The number of aromatic nitrogens is 2. The Morgan fingerprint density at radius 2 is 2.10 bits per heavy atom. The van der Waals surface area contributed by atoms with Gasteiger partial charge in [-0.1, -0.05) is 0 Å². The smallest absolute Gasteiger partial charge is 0.407 e. The van der Waals surface area contributed by atoms with Crippen LogP contribution in [0.4, 0.5) is 4.79 Å². The Kier molecular flexibility index (Phi) is 5.54. The number of alkyl carbamates (subject to hydrolysis) is 1. The monoisotopic (exact) mass is 282 g/mol. The number of nitrogens with zero attached hydrogens (tertiary/aromatic N) is 2. The summed E-state index contributed by atoms with van der Waals surface area (Å²) >= 11 is 0. The third-order valence-corrected chi connectivity index (χ3v) is 2.47. The quantitative estimate of drug-likeness (QED) is 0.845. The van der Waals surface area contributed by atoms with Gasteiger partial charge in [0.2, 0.25) is 5.91 Å². The highest BCUT2D eigenvalue weighted by Crippen LogP contribution is 2.07. The Balaban J connectivity index is 2.47. The van der Waals surface area contributed by atoms with Gasteiger partial charge in [-0.05, 0) is 20.8 Å². The number of carbonyl (C=O) groups is 2. The third-order valence-electron chi connectivity index (χ3n) is 2.47. The van der Waals surface area contributed by atoms with Crippen molar-refractivity contribution in [2.24, 2.45) is 0 Å². The van der Waals surface area contributed by atoms with E-state index in [-0.39, 0.29) is 5.91 Å². The second-order valence-electron chi connectivity index (χ2n) is 5.36. The van der Waals surface area contributed by atoms with Crippen molar-refractivity contribution in [2.75, 3.05) is 7.05 Å². The molecule has 0 fully saturated rings. The molecule has 0 radical (unpaired) electrons. The normalized spacial score (nSPS) is 11.0. The van der Waals surface area contributed by atoms with Crippen LogP contribution in [0.15, 0.2) is 12.5 Å². The van der Waals surface area contributed by atoms with E-state index in [1.807, 2.05) is 4.57 Å². The average Bonchev–Trinajstić information content (AvgIpc) is 2.78. The number of ether oxygens (including phenoxy) is 1. The number of hydrogen-bond donors (Lipinski definition) is 2. The fourth-order valence-electron chi connectivity index (χ4n) is 1.52. The number of carbonyl (C=O) groups excluding carboxylic acids is 2. The Morgan fingerprint density at radius 1 is 1.40 bits per heavy atom. The molecule has 112 valence electrons. The van der Waals surface area contributed by atoms with Gasteiger partial charge in [-0.25, -0.2) is 9.78 Å². The molecule has 0 aliphatic carbocycles. The lowest BCUT2D eigenvalue weighted by atomic mass is 10.2. The SMILES string of the molecule is CNC(=O)CCn1cncc1CNC(=O)OC(C)(C)C. The predicted octanol–water partition coefficient (Wildman–Crippen LogP) is 1.04. The van der Waals surface area contributed by atoms with E-state index in [1.165, 1.54) is 0 Å². The van der Waals surface area contributed by atoms with E-state index < -0.39 is 11.7 Å². The average molecular weight is 282 g/mol. The maximum Gasteiger partial charge on any atom is 0.407 e. The lowest BCUT2D eigenvalue weighted by Gasteiger charge is -2.19. The van der Waals surface area contributed by atoms with Gasteiger partial charge in [-0.3, -0.25) is 4.79 Å². The van der Waals surface area contributed by atoms with E-state index in [0.29, 0.717) is 19.5 Å². The predicted molar refractivity (Wildman–Crippen MR) is 74.0 cm³/mol. The van der Waals surface area contributed by atoms with Crippen molar-refractivity contribution in [1.82, 2.24) is 20.2 Å². The third kappa shape index (κ3) is 5.73. The topological polar surface area (TPSA) is 85.3 Å². The van der Waals surface area contributed by atoms with Crippen LogP contribution in [-0.4, -0.2) is 34.2 Å². The molecule has 7 nitrogen and oxygen atoms in total. The van der Waals surface area contributed by atoms with Gasteiger partial charge in [0.1, 0.15) is 5.60 Å². The van der Waals surface area contributed by atoms with Gasteiger partial charge in [0, 0.05) is 26.2 Å². The highest BCUT2D eigenvalue weighted by molar-refractivity contribution is 5.75. The van der Waals surface area contributed by atoms with Crippen LogP contribution in [-0.2, 0) is 22.6 Å². The van der Waals surface area contributed by atoms with Gasteiger partial charge in [0.15, 0.2) is 0 Å². The van der Waals surface area contributed by atoms with E-state index in [0.717, 1.165) is 5.69 Å². The summed E-state index contributed by atoms with van der Waals surface area (Å²) in [5.74, 6) is -0.0373. The molecule has 1 aromatic rings. The van der Waals surface area contributed by atoms with E-state index in [9.17, 15) is 9.59 Å². The van der Waals surface area contributed by atoms with Crippen molar-refractivity contribution in [1.29, 1.82) is 0 Å². The molecule has 2 amide bonds. The summed E-state index contributed by atoms with van der Waals surface area (Å²) < 4.78 is 6.97. The maximum absolute atomic E-state index is 11.6. The molecule has 0 aliphatic rings. The molecule has 0 saturated carbocycles.